The number of fused-ring (bicyclic) bond motifs is 4. The lowest BCUT2D eigenvalue weighted by atomic mass is 9.59. The van der Waals surface area contributed by atoms with Crippen LogP contribution in [0.15, 0.2) is 70.8 Å². The van der Waals surface area contributed by atoms with E-state index in [1.54, 1.807) is 13.0 Å². The number of Topliss-reactive ketones (excluding diaryl/α,β-unsaturated/α-hetero) is 1. The number of phenolic OH excluding ortho intramolecular Hbond substituents is 1. The summed E-state index contributed by atoms with van der Waals surface area (Å²) in [5, 5.41) is 12.8. The van der Waals surface area contributed by atoms with E-state index in [-0.39, 0.29) is 41.5 Å². The molecule has 4 atom stereocenters. The number of rotatable bonds is 1. The Hall–Kier alpha value is -3.80. The van der Waals surface area contributed by atoms with Crippen molar-refractivity contribution in [1.29, 1.82) is 0 Å². The molecule has 170 valence electrons. The third kappa shape index (κ3) is 2.62. The van der Waals surface area contributed by atoms with Crippen LogP contribution < -0.4 is 0 Å². The van der Waals surface area contributed by atoms with Crippen molar-refractivity contribution in [3.8, 4) is 5.75 Å². The first-order valence-electron chi connectivity index (χ1n) is 11.5. The van der Waals surface area contributed by atoms with Crippen molar-refractivity contribution >= 4 is 34.2 Å². The monoisotopic (exact) mass is 453 g/mol. The van der Waals surface area contributed by atoms with E-state index in [9.17, 15) is 24.3 Å². The van der Waals surface area contributed by atoms with E-state index >= 15 is 0 Å². The molecule has 0 aromatic heterocycles. The molecule has 1 fully saturated rings. The highest BCUT2D eigenvalue weighted by Crippen LogP contribution is 2.56. The summed E-state index contributed by atoms with van der Waals surface area (Å²) in [6, 6.07) is 11.1. The first-order chi connectivity index (χ1) is 16.3. The van der Waals surface area contributed by atoms with Gasteiger partial charge in [0.1, 0.15) is 5.75 Å². The fourth-order valence-corrected chi connectivity index (χ4v) is 6.44. The SMILES string of the molecule is CC1=CC(=O)C2=C(C1=O)[C@@H](c1c(O)ccc3ccccc13)C1=CC[C@@H]3C(=O)N(C)C(=O)[C@@H]3[C@@H]1C2. The fraction of sp³-hybridized carbons (Fsp3) is 0.286. The summed E-state index contributed by atoms with van der Waals surface area (Å²) in [4.78, 5) is 53.7. The molecule has 4 aliphatic rings. The van der Waals surface area contributed by atoms with E-state index in [0.29, 0.717) is 28.7 Å². The smallest absolute Gasteiger partial charge is 0.233 e. The fourth-order valence-electron chi connectivity index (χ4n) is 6.44. The molecule has 0 bridgehead atoms. The molecule has 2 aromatic rings. The largest absolute Gasteiger partial charge is 0.508 e. The molecule has 1 aliphatic heterocycles. The van der Waals surface area contributed by atoms with E-state index in [1.807, 2.05) is 36.4 Å². The Kier molecular flexibility index (Phi) is 4.34. The number of allylic oxidation sites excluding steroid dienone is 6. The van der Waals surface area contributed by atoms with Crippen molar-refractivity contribution in [3.05, 3.63) is 76.4 Å². The van der Waals surface area contributed by atoms with Gasteiger partial charge in [-0.05, 0) is 48.6 Å². The molecule has 6 rings (SSSR count). The first kappa shape index (κ1) is 20.8. The molecule has 0 spiro atoms. The first-order valence-corrected chi connectivity index (χ1v) is 11.5. The summed E-state index contributed by atoms with van der Waals surface area (Å²) >= 11 is 0. The van der Waals surface area contributed by atoms with Gasteiger partial charge in [0.15, 0.2) is 11.6 Å². The predicted octanol–water partition coefficient (Wildman–Crippen LogP) is 3.60. The Morgan fingerprint density at radius 2 is 1.74 bits per heavy atom. The van der Waals surface area contributed by atoms with Gasteiger partial charge in [-0.1, -0.05) is 42.0 Å². The van der Waals surface area contributed by atoms with Gasteiger partial charge in [-0.15, -0.1) is 0 Å². The maximum Gasteiger partial charge on any atom is 0.233 e. The number of phenols is 1. The van der Waals surface area contributed by atoms with E-state index in [4.69, 9.17) is 0 Å². The molecule has 0 saturated carbocycles. The van der Waals surface area contributed by atoms with Crippen LogP contribution in [-0.4, -0.2) is 40.4 Å². The Balaban J connectivity index is 1.64. The van der Waals surface area contributed by atoms with Crippen LogP contribution in [0.2, 0.25) is 0 Å². The molecule has 1 saturated heterocycles. The zero-order valence-corrected chi connectivity index (χ0v) is 18.9. The van der Waals surface area contributed by atoms with Crippen molar-refractivity contribution in [1.82, 2.24) is 4.90 Å². The minimum absolute atomic E-state index is 0.0395. The summed E-state index contributed by atoms with van der Waals surface area (Å²) in [6.07, 6.45) is 3.97. The lowest BCUT2D eigenvalue weighted by Crippen LogP contribution is -2.39. The molecule has 0 radical (unpaired) electrons. The van der Waals surface area contributed by atoms with Gasteiger partial charge < -0.3 is 5.11 Å². The molecule has 3 aliphatic carbocycles. The third-order valence-corrected chi connectivity index (χ3v) is 8.02. The molecule has 0 unspecified atom stereocenters. The van der Waals surface area contributed by atoms with Crippen molar-refractivity contribution in [3.63, 3.8) is 0 Å². The number of amides is 2. The maximum absolute atomic E-state index is 13.5. The van der Waals surface area contributed by atoms with Crippen molar-refractivity contribution in [2.45, 2.75) is 25.7 Å². The summed E-state index contributed by atoms with van der Waals surface area (Å²) in [5.74, 6) is -2.91. The van der Waals surface area contributed by atoms with Crippen LogP contribution in [0.3, 0.4) is 0 Å². The van der Waals surface area contributed by atoms with Crippen LogP contribution in [0.5, 0.6) is 5.75 Å². The Bertz CT molecular complexity index is 1440. The number of carbonyl (C=O) groups is 4. The number of ketones is 2. The second kappa shape index (κ2) is 7.10. The second-order valence-corrected chi connectivity index (χ2v) is 9.68. The number of carbonyl (C=O) groups excluding carboxylic acids is 4. The third-order valence-electron chi connectivity index (χ3n) is 8.02. The molecule has 2 amide bonds. The van der Waals surface area contributed by atoms with E-state index in [1.165, 1.54) is 18.0 Å². The quantitative estimate of drug-likeness (QED) is 0.405. The zero-order chi connectivity index (χ0) is 23.9. The molecule has 34 heavy (non-hydrogen) atoms. The number of hydrogen-bond acceptors (Lipinski definition) is 5. The lowest BCUT2D eigenvalue weighted by Gasteiger charge is -2.42. The predicted molar refractivity (Wildman–Crippen MR) is 125 cm³/mol. The van der Waals surface area contributed by atoms with Gasteiger partial charge in [0.25, 0.3) is 0 Å². The van der Waals surface area contributed by atoms with Crippen LogP contribution in [0, 0.1) is 17.8 Å². The van der Waals surface area contributed by atoms with Gasteiger partial charge >= 0.3 is 0 Å². The van der Waals surface area contributed by atoms with Crippen LogP contribution in [0.25, 0.3) is 10.8 Å². The molecule has 1 heterocycles. The molecule has 6 heteroatoms. The minimum Gasteiger partial charge on any atom is -0.508 e. The number of hydrogen-bond donors (Lipinski definition) is 1. The highest BCUT2D eigenvalue weighted by atomic mass is 16.3. The lowest BCUT2D eigenvalue weighted by molar-refractivity contribution is -0.138. The molecular formula is C28H23NO5. The summed E-state index contributed by atoms with van der Waals surface area (Å²) < 4.78 is 0. The number of benzene rings is 2. The van der Waals surface area contributed by atoms with Gasteiger partial charge in [0.2, 0.25) is 11.8 Å². The maximum atomic E-state index is 13.5. The van der Waals surface area contributed by atoms with Crippen molar-refractivity contribution in [2.24, 2.45) is 17.8 Å². The average Bonchev–Trinajstić information content (AvgIpc) is 3.05. The molecule has 1 N–H and O–H groups in total. The standard InChI is InChI=1S/C28H23NO5/c1-13-11-21(31)19-12-18-16(8-9-17-22(18)28(34)29(2)27(17)33)24(25(19)26(13)32)23-15-6-4-3-5-14(15)7-10-20(23)30/h3-8,10-11,17-18,22,24,30H,9,12H2,1-2H3/t17-,18+,22-,24+/m0/s1. The van der Waals surface area contributed by atoms with Crippen molar-refractivity contribution < 1.29 is 24.3 Å². The Morgan fingerprint density at radius 1 is 0.971 bits per heavy atom. The topological polar surface area (TPSA) is 91.8 Å². The summed E-state index contributed by atoms with van der Waals surface area (Å²) in [5.41, 5.74) is 2.57. The minimum atomic E-state index is -0.658. The number of likely N-dealkylation sites (tertiary alicyclic amines) is 1. The molecule has 2 aromatic carbocycles. The Labute approximate surface area is 196 Å². The molecular weight excluding hydrogens is 430 g/mol. The number of aromatic hydroxyl groups is 1. The van der Waals surface area contributed by atoms with E-state index in [0.717, 1.165) is 16.3 Å². The van der Waals surface area contributed by atoms with Crippen LogP contribution in [0.1, 0.15) is 31.2 Å². The van der Waals surface area contributed by atoms with Gasteiger partial charge in [-0.25, -0.2) is 0 Å². The van der Waals surface area contributed by atoms with E-state index in [2.05, 4.69) is 0 Å². The number of nitrogens with zero attached hydrogens (tertiary/aromatic N) is 1. The number of imide groups is 1. The normalized spacial score (nSPS) is 28.6. The van der Waals surface area contributed by atoms with Crippen LogP contribution in [0.4, 0.5) is 0 Å². The highest BCUT2D eigenvalue weighted by Gasteiger charge is 2.55. The van der Waals surface area contributed by atoms with Gasteiger partial charge in [0, 0.05) is 35.2 Å². The van der Waals surface area contributed by atoms with Crippen molar-refractivity contribution in [2.75, 3.05) is 7.05 Å². The average molecular weight is 453 g/mol. The van der Waals surface area contributed by atoms with Gasteiger partial charge in [0.05, 0.1) is 11.8 Å². The summed E-state index contributed by atoms with van der Waals surface area (Å²) in [6.45, 7) is 1.63. The van der Waals surface area contributed by atoms with Crippen LogP contribution in [-0.2, 0) is 19.2 Å². The summed E-state index contributed by atoms with van der Waals surface area (Å²) in [7, 11) is 1.51. The zero-order valence-electron chi connectivity index (χ0n) is 18.9. The second-order valence-electron chi connectivity index (χ2n) is 9.68. The van der Waals surface area contributed by atoms with Gasteiger partial charge in [-0.2, -0.15) is 0 Å². The highest BCUT2D eigenvalue weighted by molar-refractivity contribution is 6.24. The Morgan fingerprint density at radius 3 is 2.53 bits per heavy atom. The van der Waals surface area contributed by atoms with Crippen LogP contribution >= 0.6 is 0 Å². The van der Waals surface area contributed by atoms with E-state index < -0.39 is 17.8 Å². The van der Waals surface area contributed by atoms with Gasteiger partial charge in [-0.3, -0.25) is 24.1 Å². The molecule has 6 nitrogen and oxygen atoms in total.